The minimum atomic E-state index is -3.66. The van der Waals surface area contributed by atoms with Gasteiger partial charge in [0.25, 0.3) is 0 Å². The van der Waals surface area contributed by atoms with Crippen LogP contribution in [0.5, 0.6) is 5.75 Å². The van der Waals surface area contributed by atoms with Gasteiger partial charge in [-0.3, -0.25) is 0 Å². The lowest BCUT2D eigenvalue weighted by atomic mass is 10.2. The summed E-state index contributed by atoms with van der Waals surface area (Å²) < 4.78 is 34.8. The molecule has 0 bridgehead atoms. The van der Waals surface area contributed by atoms with Crippen LogP contribution in [0, 0.1) is 6.92 Å². The smallest absolute Gasteiger partial charge is 0.247 e. The average Bonchev–Trinajstić information content (AvgIpc) is 3.28. The van der Waals surface area contributed by atoms with Gasteiger partial charge in [0.05, 0.1) is 23.4 Å². The van der Waals surface area contributed by atoms with E-state index in [4.69, 9.17) is 9.72 Å². The van der Waals surface area contributed by atoms with Crippen LogP contribution in [-0.2, 0) is 10.0 Å². The second kappa shape index (κ2) is 6.64. The van der Waals surface area contributed by atoms with Crippen molar-refractivity contribution in [2.24, 2.45) is 0 Å². The fraction of sp³-hybridized carbons (Fsp3) is 0.316. The molecule has 136 valence electrons. The first-order valence-electron chi connectivity index (χ1n) is 8.52. The average molecular weight is 389 g/mol. The molecule has 1 aliphatic heterocycles. The number of thiazole rings is 1. The van der Waals surface area contributed by atoms with Crippen LogP contribution in [0.1, 0.15) is 29.5 Å². The minimum absolute atomic E-state index is 0.220. The lowest BCUT2D eigenvalue weighted by Crippen LogP contribution is -2.31. The SMILES string of the molecule is COc1ccc(C)cc1S(=O)(=O)N1CCC[C@H]1c1nc2ccccc2s1. The molecule has 0 aliphatic carbocycles. The Morgan fingerprint density at radius 2 is 2.04 bits per heavy atom. The van der Waals surface area contributed by atoms with E-state index in [0.29, 0.717) is 12.3 Å². The molecule has 1 atom stereocenters. The summed E-state index contributed by atoms with van der Waals surface area (Å²) in [4.78, 5) is 4.92. The maximum atomic E-state index is 13.4. The Bertz CT molecular complexity index is 1030. The molecule has 0 N–H and O–H groups in total. The summed E-state index contributed by atoms with van der Waals surface area (Å²) in [6, 6.07) is 12.9. The third-order valence-electron chi connectivity index (χ3n) is 4.70. The van der Waals surface area contributed by atoms with Gasteiger partial charge >= 0.3 is 0 Å². The number of aryl methyl sites for hydroxylation is 1. The van der Waals surface area contributed by atoms with Crippen molar-refractivity contribution in [1.82, 2.24) is 9.29 Å². The first-order valence-corrected chi connectivity index (χ1v) is 10.8. The molecule has 26 heavy (non-hydrogen) atoms. The number of aromatic nitrogens is 1. The second-order valence-corrected chi connectivity index (χ2v) is 9.37. The van der Waals surface area contributed by atoms with Crippen molar-refractivity contribution in [2.75, 3.05) is 13.7 Å². The Morgan fingerprint density at radius 3 is 2.81 bits per heavy atom. The van der Waals surface area contributed by atoms with Crippen LogP contribution in [0.2, 0.25) is 0 Å². The van der Waals surface area contributed by atoms with Crippen LogP contribution in [-0.4, -0.2) is 31.4 Å². The number of benzene rings is 2. The lowest BCUT2D eigenvalue weighted by molar-refractivity contribution is 0.380. The van der Waals surface area contributed by atoms with E-state index >= 15 is 0 Å². The predicted octanol–water partition coefficient (Wildman–Crippen LogP) is 4.14. The summed E-state index contributed by atoms with van der Waals surface area (Å²) >= 11 is 1.57. The zero-order chi connectivity index (χ0) is 18.3. The number of para-hydroxylation sites is 1. The Balaban J connectivity index is 1.77. The molecule has 4 rings (SSSR count). The van der Waals surface area contributed by atoms with Gasteiger partial charge < -0.3 is 4.74 Å². The fourth-order valence-electron chi connectivity index (χ4n) is 3.42. The molecule has 0 radical (unpaired) electrons. The van der Waals surface area contributed by atoms with E-state index < -0.39 is 10.0 Å². The summed E-state index contributed by atoms with van der Waals surface area (Å²) in [6.07, 6.45) is 1.61. The van der Waals surface area contributed by atoms with Gasteiger partial charge in [0, 0.05) is 6.54 Å². The highest BCUT2D eigenvalue weighted by atomic mass is 32.2. The quantitative estimate of drug-likeness (QED) is 0.674. The molecule has 1 aromatic heterocycles. The Kier molecular flexibility index (Phi) is 4.46. The number of nitrogens with zero attached hydrogens (tertiary/aromatic N) is 2. The van der Waals surface area contributed by atoms with Crippen LogP contribution in [0.3, 0.4) is 0 Å². The zero-order valence-corrected chi connectivity index (χ0v) is 16.3. The van der Waals surface area contributed by atoms with E-state index in [2.05, 4.69) is 0 Å². The maximum absolute atomic E-state index is 13.4. The van der Waals surface area contributed by atoms with E-state index in [1.165, 1.54) is 7.11 Å². The van der Waals surface area contributed by atoms with Gasteiger partial charge in [-0.2, -0.15) is 4.31 Å². The van der Waals surface area contributed by atoms with E-state index in [-0.39, 0.29) is 10.9 Å². The van der Waals surface area contributed by atoms with Crippen LogP contribution in [0.25, 0.3) is 10.2 Å². The first-order chi connectivity index (χ1) is 12.5. The molecule has 1 aliphatic rings. The van der Waals surface area contributed by atoms with Crippen molar-refractivity contribution in [3.8, 4) is 5.75 Å². The molecule has 7 heteroatoms. The summed E-state index contributed by atoms with van der Waals surface area (Å²) in [5, 5.41) is 0.860. The lowest BCUT2D eigenvalue weighted by Gasteiger charge is -2.23. The zero-order valence-electron chi connectivity index (χ0n) is 14.7. The van der Waals surface area contributed by atoms with E-state index in [0.717, 1.165) is 33.6 Å². The third kappa shape index (κ3) is 2.90. The van der Waals surface area contributed by atoms with Crippen molar-refractivity contribution >= 4 is 31.6 Å². The molecule has 0 amide bonds. The summed E-state index contributed by atoms with van der Waals surface area (Å²) in [5.74, 6) is 0.380. The van der Waals surface area contributed by atoms with Gasteiger partial charge in [0.1, 0.15) is 15.7 Å². The maximum Gasteiger partial charge on any atom is 0.247 e. The molecule has 2 aromatic carbocycles. The van der Waals surface area contributed by atoms with Gasteiger partial charge in [-0.1, -0.05) is 18.2 Å². The number of hydrogen-bond acceptors (Lipinski definition) is 5. The van der Waals surface area contributed by atoms with Crippen LogP contribution in [0.4, 0.5) is 0 Å². The molecule has 5 nitrogen and oxygen atoms in total. The fourth-order valence-corrected chi connectivity index (χ4v) is 6.50. The monoisotopic (exact) mass is 388 g/mol. The van der Waals surface area contributed by atoms with Crippen molar-refractivity contribution in [3.63, 3.8) is 0 Å². The number of ether oxygens (including phenoxy) is 1. The van der Waals surface area contributed by atoms with Crippen molar-refractivity contribution in [2.45, 2.75) is 30.7 Å². The number of methoxy groups -OCH3 is 1. The van der Waals surface area contributed by atoms with Gasteiger partial charge in [0.15, 0.2) is 0 Å². The van der Waals surface area contributed by atoms with E-state index in [9.17, 15) is 8.42 Å². The highest BCUT2D eigenvalue weighted by Gasteiger charge is 2.39. The highest BCUT2D eigenvalue weighted by molar-refractivity contribution is 7.89. The van der Waals surface area contributed by atoms with Gasteiger partial charge in [0.2, 0.25) is 10.0 Å². The molecular weight excluding hydrogens is 368 g/mol. The first kappa shape index (κ1) is 17.5. The number of fused-ring (bicyclic) bond motifs is 1. The highest BCUT2D eigenvalue weighted by Crippen LogP contribution is 2.41. The van der Waals surface area contributed by atoms with Crippen LogP contribution >= 0.6 is 11.3 Å². The summed E-state index contributed by atoms with van der Waals surface area (Å²) in [6.45, 7) is 2.38. The largest absolute Gasteiger partial charge is 0.495 e. The van der Waals surface area contributed by atoms with E-state index in [1.807, 2.05) is 37.3 Å². The number of hydrogen-bond donors (Lipinski definition) is 0. The molecule has 2 heterocycles. The van der Waals surface area contributed by atoms with Crippen molar-refractivity contribution in [3.05, 3.63) is 53.0 Å². The standard InChI is InChI=1S/C19H20N2O3S2/c1-13-9-10-16(24-2)18(12-13)26(22,23)21-11-5-7-15(21)19-20-14-6-3-4-8-17(14)25-19/h3-4,6,8-10,12,15H,5,7,11H2,1-2H3/t15-/m0/s1. The molecule has 1 saturated heterocycles. The molecule has 0 spiro atoms. The summed E-state index contributed by atoms with van der Waals surface area (Å²) in [7, 11) is -2.17. The van der Waals surface area contributed by atoms with Crippen LogP contribution in [0.15, 0.2) is 47.4 Å². The van der Waals surface area contributed by atoms with Crippen molar-refractivity contribution in [1.29, 1.82) is 0 Å². The molecule has 3 aromatic rings. The summed E-state index contributed by atoms with van der Waals surface area (Å²) in [5.41, 5.74) is 1.81. The molecule has 1 fully saturated rings. The third-order valence-corrected chi connectivity index (χ3v) is 7.77. The van der Waals surface area contributed by atoms with Crippen molar-refractivity contribution < 1.29 is 13.2 Å². The molecule has 0 unspecified atom stereocenters. The van der Waals surface area contributed by atoms with Crippen LogP contribution < -0.4 is 4.74 Å². The van der Waals surface area contributed by atoms with Gasteiger partial charge in [-0.15, -0.1) is 11.3 Å². The Labute approximate surface area is 157 Å². The second-order valence-electron chi connectivity index (χ2n) is 6.45. The van der Waals surface area contributed by atoms with E-state index in [1.54, 1.807) is 27.8 Å². The Morgan fingerprint density at radius 1 is 1.23 bits per heavy atom. The topological polar surface area (TPSA) is 59.5 Å². The number of rotatable bonds is 4. The normalized spacial score (nSPS) is 18.5. The van der Waals surface area contributed by atoms with Gasteiger partial charge in [-0.25, -0.2) is 13.4 Å². The molecular formula is C19H20N2O3S2. The predicted molar refractivity (Wildman–Crippen MR) is 103 cm³/mol. The molecule has 0 saturated carbocycles. The Hall–Kier alpha value is -1.96. The number of sulfonamides is 1. The van der Waals surface area contributed by atoms with Gasteiger partial charge in [-0.05, 0) is 49.6 Å². The minimum Gasteiger partial charge on any atom is -0.495 e.